The number of rotatable bonds is 6. The minimum Gasteiger partial charge on any atom is -0.335 e. The number of aromatic nitrogens is 2. The van der Waals surface area contributed by atoms with Gasteiger partial charge in [0.2, 0.25) is 5.91 Å². The summed E-state index contributed by atoms with van der Waals surface area (Å²) >= 11 is 1.71. The highest BCUT2D eigenvalue weighted by Crippen LogP contribution is 2.57. The Morgan fingerprint density at radius 1 is 1.38 bits per heavy atom. The number of carbonyl (C=O) groups excluding carboxylic acids is 1. The van der Waals surface area contributed by atoms with Crippen LogP contribution in [0.25, 0.3) is 0 Å². The first kappa shape index (κ1) is 17.7. The fraction of sp³-hybridized carbons (Fsp3) is 0.600. The highest BCUT2D eigenvalue weighted by atomic mass is 32.1. The summed E-state index contributed by atoms with van der Waals surface area (Å²) in [6, 6.07) is 2.57. The van der Waals surface area contributed by atoms with Crippen LogP contribution in [0.1, 0.15) is 44.2 Å². The lowest BCUT2D eigenvalue weighted by atomic mass is 9.92. The average Bonchev–Trinajstić information content (AvgIpc) is 3.01. The summed E-state index contributed by atoms with van der Waals surface area (Å²) in [6.45, 7) is 8.77. The first-order valence-corrected chi connectivity index (χ1v) is 10.6. The van der Waals surface area contributed by atoms with Crippen LogP contribution >= 0.6 is 11.3 Å². The van der Waals surface area contributed by atoms with Crippen molar-refractivity contribution in [2.75, 3.05) is 13.1 Å². The van der Waals surface area contributed by atoms with Gasteiger partial charge in [-0.3, -0.25) is 14.4 Å². The summed E-state index contributed by atoms with van der Waals surface area (Å²) in [5, 5.41) is 8.63. The number of thiophene rings is 1. The third-order valence-corrected chi connectivity index (χ3v) is 6.86. The Labute approximate surface area is 159 Å². The van der Waals surface area contributed by atoms with Crippen LogP contribution in [0.5, 0.6) is 0 Å². The summed E-state index contributed by atoms with van der Waals surface area (Å²) in [4.78, 5) is 16.9. The minimum atomic E-state index is 0.215. The summed E-state index contributed by atoms with van der Waals surface area (Å²) < 4.78 is 1.99. The van der Waals surface area contributed by atoms with Crippen LogP contribution in [0.3, 0.4) is 0 Å². The van der Waals surface area contributed by atoms with Crippen molar-refractivity contribution in [3.05, 3.63) is 40.3 Å². The summed E-state index contributed by atoms with van der Waals surface area (Å²) in [7, 11) is 0. The van der Waals surface area contributed by atoms with E-state index in [4.69, 9.17) is 0 Å². The van der Waals surface area contributed by atoms with Gasteiger partial charge in [-0.15, -0.1) is 0 Å². The second-order valence-corrected chi connectivity index (χ2v) is 8.62. The molecule has 6 heteroatoms. The molecule has 26 heavy (non-hydrogen) atoms. The molecular weight excluding hydrogens is 344 g/mol. The van der Waals surface area contributed by atoms with E-state index < -0.39 is 0 Å². The molecule has 0 N–H and O–H groups in total. The predicted molar refractivity (Wildman–Crippen MR) is 104 cm³/mol. The smallest absolute Gasteiger partial charge is 0.220 e. The Hall–Kier alpha value is -1.66. The van der Waals surface area contributed by atoms with Gasteiger partial charge in [-0.25, -0.2) is 0 Å². The molecule has 1 spiro atoms. The number of carbonyl (C=O) groups is 1. The molecule has 0 radical (unpaired) electrons. The van der Waals surface area contributed by atoms with Gasteiger partial charge in [0, 0.05) is 44.4 Å². The molecule has 4 rings (SSSR count). The number of hydrogen-bond acceptors (Lipinski definition) is 4. The van der Waals surface area contributed by atoms with Crippen LogP contribution in [-0.2, 0) is 24.4 Å². The summed E-state index contributed by atoms with van der Waals surface area (Å²) in [5.74, 6) is 0.215. The van der Waals surface area contributed by atoms with Gasteiger partial charge in [-0.2, -0.15) is 16.4 Å². The molecule has 5 nitrogen and oxygen atoms in total. The number of aryl methyl sites for hydroxylation is 1. The van der Waals surface area contributed by atoms with Crippen molar-refractivity contribution in [2.24, 2.45) is 5.41 Å². The Morgan fingerprint density at radius 2 is 2.19 bits per heavy atom. The predicted octanol–water partition coefficient (Wildman–Crippen LogP) is 3.37. The molecule has 2 aromatic heterocycles. The molecule has 2 fully saturated rings. The fourth-order valence-corrected chi connectivity index (χ4v) is 5.06. The number of likely N-dealkylation sites (tertiary alicyclic amines) is 1. The molecule has 1 saturated heterocycles. The van der Waals surface area contributed by atoms with Crippen LogP contribution < -0.4 is 0 Å². The molecule has 1 saturated carbocycles. The van der Waals surface area contributed by atoms with E-state index in [-0.39, 0.29) is 5.91 Å². The fourth-order valence-electron chi connectivity index (χ4n) is 4.40. The van der Waals surface area contributed by atoms with Gasteiger partial charge in [-0.1, -0.05) is 0 Å². The largest absolute Gasteiger partial charge is 0.335 e. The van der Waals surface area contributed by atoms with E-state index in [2.05, 4.69) is 44.8 Å². The molecule has 2 aromatic rings. The topological polar surface area (TPSA) is 41.4 Å². The lowest BCUT2D eigenvalue weighted by molar-refractivity contribution is -0.130. The molecule has 0 bridgehead atoms. The highest BCUT2D eigenvalue weighted by molar-refractivity contribution is 7.07. The van der Waals surface area contributed by atoms with Crippen LogP contribution in [0.4, 0.5) is 0 Å². The molecular formula is C20H28N4OS. The molecule has 3 heterocycles. The number of hydrogen-bond donors (Lipinski definition) is 0. The van der Waals surface area contributed by atoms with Gasteiger partial charge < -0.3 is 4.90 Å². The Kier molecular flexibility index (Phi) is 4.88. The quantitative estimate of drug-likeness (QED) is 0.781. The monoisotopic (exact) mass is 372 g/mol. The van der Waals surface area contributed by atoms with Crippen LogP contribution in [-0.4, -0.2) is 44.6 Å². The Bertz CT molecular complexity index is 746. The third-order valence-electron chi connectivity index (χ3n) is 6.13. The maximum Gasteiger partial charge on any atom is 0.220 e. The van der Waals surface area contributed by atoms with E-state index >= 15 is 0 Å². The van der Waals surface area contributed by atoms with E-state index in [1.165, 1.54) is 30.4 Å². The summed E-state index contributed by atoms with van der Waals surface area (Å²) in [5.41, 5.74) is 2.93. The van der Waals surface area contributed by atoms with Gasteiger partial charge in [0.1, 0.15) is 0 Å². The van der Waals surface area contributed by atoms with Crippen molar-refractivity contribution in [1.29, 1.82) is 0 Å². The normalized spacial score (nSPS) is 21.8. The maximum absolute atomic E-state index is 12.2. The second kappa shape index (κ2) is 7.16. The van der Waals surface area contributed by atoms with Crippen molar-refractivity contribution in [3.8, 4) is 0 Å². The Morgan fingerprint density at radius 3 is 2.81 bits per heavy atom. The Balaban J connectivity index is 1.33. The highest BCUT2D eigenvalue weighted by Gasteiger charge is 2.58. The lowest BCUT2D eigenvalue weighted by Gasteiger charge is -2.34. The lowest BCUT2D eigenvalue weighted by Crippen LogP contribution is -2.39. The van der Waals surface area contributed by atoms with Crippen molar-refractivity contribution in [2.45, 2.75) is 58.8 Å². The average molecular weight is 373 g/mol. The van der Waals surface area contributed by atoms with Gasteiger partial charge >= 0.3 is 0 Å². The molecule has 1 atom stereocenters. The molecule has 1 aliphatic heterocycles. The maximum atomic E-state index is 12.2. The molecule has 0 unspecified atom stereocenters. The third kappa shape index (κ3) is 3.58. The van der Waals surface area contributed by atoms with E-state index in [1.807, 2.05) is 10.9 Å². The van der Waals surface area contributed by atoms with Crippen molar-refractivity contribution >= 4 is 17.2 Å². The molecule has 1 amide bonds. The molecule has 140 valence electrons. The van der Waals surface area contributed by atoms with Gasteiger partial charge in [0.25, 0.3) is 0 Å². The van der Waals surface area contributed by atoms with Gasteiger partial charge in [-0.05, 0) is 67.1 Å². The van der Waals surface area contributed by atoms with Crippen LogP contribution in [0.2, 0.25) is 0 Å². The second-order valence-electron chi connectivity index (χ2n) is 7.84. The van der Waals surface area contributed by atoms with Crippen LogP contribution in [0, 0.1) is 5.41 Å². The molecule has 2 aliphatic rings. The number of amides is 1. The zero-order valence-corrected chi connectivity index (χ0v) is 16.5. The first-order chi connectivity index (χ1) is 12.6. The van der Waals surface area contributed by atoms with E-state index in [1.54, 1.807) is 18.3 Å². The number of nitrogens with zero attached hydrogens (tertiary/aromatic N) is 4. The van der Waals surface area contributed by atoms with Gasteiger partial charge in [0.15, 0.2) is 0 Å². The first-order valence-electron chi connectivity index (χ1n) is 9.61. The molecule has 1 aliphatic carbocycles. The van der Waals surface area contributed by atoms with E-state index in [9.17, 15) is 4.79 Å². The zero-order valence-electron chi connectivity index (χ0n) is 15.7. The van der Waals surface area contributed by atoms with E-state index in [0.29, 0.717) is 11.5 Å². The standard InChI is InChI=1S/C20H28N4OS/c1-3-23-13-18(11-21-23)12-22-7-5-20(6-8-22)10-19(20)24(16(2)25)14-17-4-9-26-15-17/h4,9,11,13,15,19H,3,5-8,10,12,14H2,1-2H3/t19-/m0/s1. The SMILES string of the molecule is CCn1cc(CN2CCC3(CC2)C[C@@H]3N(Cc2ccsc2)C(C)=O)cn1. The summed E-state index contributed by atoms with van der Waals surface area (Å²) in [6.07, 6.45) is 7.73. The van der Waals surface area contributed by atoms with Crippen molar-refractivity contribution in [3.63, 3.8) is 0 Å². The zero-order chi connectivity index (χ0) is 18.1. The van der Waals surface area contributed by atoms with Crippen molar-refractivity contribution < 1.29 is 4.79 Å². The molecule has 0 aromatic carbocycles. The van der Waals surface area contributed by atoms with E-state index in [0.717, 1.165) is 32.7 Å². The van der Waals surface area contributed by atoms with Crippen molar-refractivity contribution in [1.82, 2.24) is 19.6 Å². The van der Waals surface area contributed by atoms with Crippen LogP contribution in [0.15, 0.2) is 29.2 Å². The number of piperidine rings is 1. The van der Waals surface area contributed by atoms with Gasteiger partial charge in [0.05, 0.1) is 6.20 Å². The minimum absolute atomic E-state index is 0.215.